The molecule has 6 heteroatoms. The summed E-state index contributed by atoms with van der Waals surface area (Å²) in [5, 5.41) is 16.3. The zero-order valence-electron chi connectivity index (χ0n) is 8.04. The van der Waals surface area contributed by atoms with E-state index in [2.05, 4.69) is 50.2 Å². The molecular weight excluding hydrogens is 432 g/mol. The fraction of sp³-hybridized carbons (Fsp3) is 0. The average molecular weight is 440 g/mol. The summed E-state index contributed by atoms with van der Waals surface area (Å²) in [6.07, 6.45) is 0. The maximum Gasteiger partial charge on any atom is 0.289 e. The van der Waals surface area contributed by atoms with Gasteiger partial charge in [0.25, 0.3) is 5.84 Å². The first-order valence-electron chi connectivity index (χ1n) is 4.36. The lowest BCUT2D eigenvalue weighted by atomic mass is 10.2. The number of benzene rings is 1. The molecule has 0 radical (unpaired) electrons. The fourth-order valence-electron chi connectivity index (χ4n) is 1.36. The third-order valence-electron chi connectivity index (χ3n) is 2.15. The molecule has 1 heterocycles. The first-order valence-corrected chi connectivity index (χ1v) is 6.52. The maximum absolute atomic E-state index is 9.92. The van der Waals surface area contributed by atoms with E-state index in [1.165, 1.54) is 0 Å². The van der Waals surface area contributed by atoms with Crippen LogP contribution in [0.4, 0.5) is 0 Å². The van der Waals surface area contributed by atoms with Gasteiger partial charge in [-0.1, -0.05) is 0 Å². The lowest BCUT2D eigenvalue weighted by molar-refractivity contribution is -0.114. The van der Waals surface area contributed by atoms with Crippen molar-refractivity contribution >= 4 is 61.9 Å². The smallest absolute Gasteiger partial charge is 0.289 e. The molecule has 0 atom stereocenters. The number of phenolic OH excluding ortho intramolecular Hbond substituents is 1. The van der Waals surface area contributed by atoms with E-state index in [0.717, 1.165) is 12.5 Å². The minimum Gasteiger partial charge on any atom is -0.505 e. The number of amidine groups is 1. The van der Waals surface area contributed by atoms with E-state index in [0.29, 0.717) is 11.2 Å². The first kappa shape index (κ1) is 11.8. The van der Waals surface area contributed by atoms with E-state index in [-0.39, 0.29) is 11.6 Å². The molecule has 0 saturated heterocycles. The van der Waals surface area contributed by atoms with Gasteiger partial charge in [0.2, 0.25) is 0 Å². The number of aromatic nitrogens is 1. The standard InChI is InChI=1S/C10H7I2N3O/c11-5-3-6(12)9(16)8-4(5)1-2-7(15-8)10(13)14/h1-3,16H,(H3,13,14)/p+1. The number of fused-ring (bicyclic) bond motifs is 1. The van der Waals surface area contributed by atoms with Crippen molar-refractivity contribution in [2.75, 3.05) is 0 Å². The number of hydrogen-bond donors (Lipinski definition) is 3. The molecule has 0 aliphatic rings. The van der Waals surface area contributed by atoms with Crippen molar-refractivity contribution in [1.29, 1.82) is 0 Å². The molecule has 0 unspecified atom stereocenters. The van der Waals surface area contributed by atoms with Crippen molar-refractivity contribution in [3.63, 3.8) is 0 Å². The van der Waals surface area contributed by atoms with E-state index in [9.17, 15) is 5.11 Å². The van der Waals surface area contributed by atoms with Gasteiger partial charge in [-0.2, -0.15) is 0 Å². The van der Waals surface area contributed by atoms with Gasteiger partial charge in [0.1, 0.15) is 5.52 Å². The van der Waals surface area contributed by atoms with E-state index in [4.69, 9.17) is 11.1 Å². The zero-order chi connectivity index (χ0) is 11.9. The molecule has 0 bridgehead atoms. The quantitative estimate of drug-likeness (QED) is 0.346. The molecular formula is C10H8I2N3O+. The van der Waals surface area contributed by atoms with Gasteiger partial charge in [-0.15, -0.1) is 0 Å². The van der Waals surface area contributed by atoms with Gasteiger partial charge in [-0.3, -0.25) is 11.1 Å². The number of nitrogens with zero attached hydrogens (tertiary/aromatic N) is 1. The molecule has 2 aromatic rings. The second-order valence-electron chi connectivity index (χ2n) is 3.24. The number of pyridine rings is 1. The highest BCUT2D eigenvalue weighted by Gasteiger charge is 2.12. The van der Waals surface area contributed by atoms with Crippen LogP contribution in [0.5, 0.6) is 5.75 Å². The molecule has 0 fully saturated rings. The van der Waals surface area contributed by atoms with Crippen LogP contribution in [0.3, 0.4) is 0 Å². The Morgan fingerprint density at radius 3 is 2.62 bits per heavy atom. The van der Waals surface area contributed by atoms with Crippen LogP contribution in [-0.2, 0) is 0 Å². The number of hydrogen-bond acceptors (Lipinski definition) is 2. The zero-order valence-corrected chi connectivity index (χ0v) is 12.4. The predicted molar refractivity (Wildman–Crippen MR) is 79.1 cm³/mol. The number of halogens is 2. The Labute approximate surface area is 119 Å². The summed E-state index contributed by atoms with van der Waals surface area (Å²) in [4.78, 5) is 4.25. The molecule has 1 aromatic carbocycles. The number of nitrogens with two attached hydrogens (primary N) is 2. The topological polar surface area (TPSA) is 84.7 Å². The first-order chi connectivity index (χ1) is 7.50. The summed E-state index contributed by atoms with van der Waals surface area (Å²) in [6.45, 7) is 0. The molecule has 16 heavy (non-hydrogen) atoms. The van der Waals surface area contributed by atoms with Gasteiger partial charge in [-0.25, -0.2) is 4.98 Å². The Balaban J connectivity index is 2.86. The number of rotatable bonds is 1. The van der Waals surface area contributed by atoms with Gasteiger partial charge in [-0.05, 0) is 63.4 Å². The van der Waals surface area contributed by atoms with Gasteiger partial charge in [0.15, 0.2) is 11.4 Å². The van der Waals surface area contributed by atoms with E-state index in [1.54, 1.807) is 6.07 Å². The summed E-state index contributed by atoms with van der Waals surface area (Å²) in [7, 11) is 0. The molecule has 4 nitrogen and oxygen atoms in total. The van der Waals surface area contributed by atoms with Gasteiger partial charge < -0.3 is 5.11 Å². The van der Waals surface area contributed by atoms with Gasteiger partial charge in [0.05, 0.1) is 3.57 Å². The molecule has 0 saturated carbocycles. The second kappa shape index (κ2) is 4.32. The summed E-state index contributed by atoms with van der Waals surface area (Å²) in [5.74, 6) is 0.314. The highest BCUT2D eigenvalue weighted by atomic mass is 127. The van der Waals surface area contributed by atoms with Crippen molar-refractivity contribution in [2.24, 2.45) is 5.73 Å². The Morgan fingerprint density at radius 1 is 1.31 bits per heavy atom. The third-order valence-corrected chi connectivity index (χ3v) is 3.87. The number of aromatic hydroxyl groups is 1. The summed E-state index contributed by atoms with van der Waals surface area (Å²) >= 11 is 4.27. The maximum atomic E-state index is 9.92. The molecule has 2 rings (SSSR count). The minimum atomic E-state index is 0.148. The molecule has 0 aliphatic heterocycles. The lowest BCUT2D eigenvalue weighted by Crippen LogP contribution is -2.46. The van der Waals surface area contributed by atoms with Crippen LogP contribution in [0.1, 0.15) is 5.69 Å². The Bertz CT molecular complexity index is 598. The van der Waals surface area contributed by atoms with Crippen LogP contribution >= 0.6 is 45.2 Å². The summed E-state index contributed by atoms with van der Waals surface area (Å²) in [5.41, 5.74) is 6.49. The Hall–Kier alpha value is -0.640. The van der Waals surface area contributed by atoms with E-state index >= 15 is 0 Å². The SMILES string of the molecule is NC(=[NH2+])c1ccc2c(I)cc(I)c(O)c2n1. The predicted octanol–water partition coefficient (Wildman–Crippen LogP) is 0.614. The molecule has 5 N–H and O–H groups in total. The molecule has 1 aromatic heterocycles. The van der Waals surface area contributed by atoms with Crippen molar-refractivity contribution in [2.45, 2.75) is 0 Å². The largest absolute Gasteiger partial charge is 0.505 e. The normalized spacial score (nSPS) is 10.6. The van der Waals surface area contributed by atoms with Crippen LogP contribution in [0.2, 0.25) is 0 Å². The Kier molecular flexibility index (Phi) is 3.19. The van der Waals surface area contributed by atoms with Crippen molar-refractivity contribution in [3.05, 3.63) is 31.0 Å². The summed E-state index contributed by atoms with van der Waals surface area (Å²) < 4.78 is 1.79. The van der Waals surface area contributed by atoms with Gasteiger partial charge in [0, 0.05) is 8.96 Å². The van der Waals surface area contributed by atoms with E-state index < -0.39 is 0 Å². The highest BCUT2D eigenvalue weighted by Crippen LogP contribution is 2.32. The second-order valence-corrected chi connectivity index (χ2v) is 5.56. The van der Waals surface area contributed by atoms with Crippen LogP contribution < -0.4 is 11.1 Å². The van der Waals surface area contributed by atoms with Crippen LogP contribution in [0, 0.1) is 7.14 Å². The fourth-order valence-corrected chi connectivity index (χ4v) is 3.27. The van der Waals surface area contributed by atoms with Crippen molar-refractivity contribution in [3.8, 4) is 5.75 Å². The minimum absolute atomic E-state index is 0.148. The lowest BCUT2D eigenvalue weighted by Gasteiger charge is -2.05. The molecule has 0 aliphatic carbocycles. The van der Waals surface area contributed by atoms with Crippen molar-refractivity contribution in [1.82, 2.24) is 4.98 Å². The van der Waals surface area contributed by atoms with Crippen LogP contribution in [0.25, 0.3) is 10.9 Å². The van der Waals surface area contributed by atoms with E-state index in [1.807, 2.05) is 12.1 Å². The average Bonchev–Trinajstić information content (AvgIpc) is 2.25. The van der Waals surface area contributed by atoms with Crippen LogP contribution in [0.15, 0.2) is 18.2 Å². The monoisotopic (exact) mass is 440 g/mol. The Morgan fingerprint density at radius 2 is 2.00 bits per heavy atom. The van der Waals surface area contributed by atoms with Crippen molar-refractivity contribution < 1.29 is 10.5 Å². The van der Waals surface area contributed by atoms with Crippen LogP contribution in [-0.4, -0.2) is 15.9 Å². The molecule has 82 valence electrons. The highest BCUT2D eigenvalue weighted by molar-refractivity contribution is 14.1. The molecule has 0 spiro atoms. The summed E-state index contributed by atoms with van der Waals surface area (Å²) in [6, 6.07) is 5.50. The number of phenols is 1. The third kappa shape index (κ3) is 1.95. The molecule has 0 amide bonds. The van der Waals surface area contributed by atoms with Gasteiger partial charge >= 0.3 is 0 Å².